The van der Waals surface area contributed by atoms with Gasteiger partial charge in [0.05, 0.1) is 30.6 Å². The Balaban J connectivity index is 1.54. The molecule has 5 nitrogen and oxygen atoms in total. The van der Waals surface area contributed by atoms with E-state index in [1.54, 1.807) is 7.11 Å². The van der Waals surface area contributed by atoms with Gasteiger partial charge < -0.3 is 15.0 Å². The van der Waals surface area contributed by atoms with Gasteiger partial charge in [-0.15, -0.1) is 0 Å². The molecule has 5 heteroatoms. The number of nitrogens with zero attached hydrogens (tertiary/aromatic N) is 1. The number of para-hydroxylation sites is 2. The van der Waals surface area contributed by atoms with E-state index in [2.05, 4.69) is 22.4 Å². The third kappa shape index (κ3) is 4.63. The molecule has 0 radical (unpaired) electrons. The van der Waals surface area contributed by atoms with Gasteiger partial charge in [0.2, 0.25) is 5.91 Å². The highest BCUT2D eigenvalue weighted by atomic mass is 16.5. The number of H-pyrrole nitrogens is 1. The third-order valence-corrected chi connectivity index (χ3v) is 4.88. The zero-order valence-electron chi connectivity index (χ0n) is 16.3. The number of methoxy groups -OCH3 is 1. The van der Waals surface area contributed by atoms with Crippen LogP contribution in [0.2, 0.25) is 0 Å². The number of nitrogens with one attached hydrogen (secondary N) is 2. The van der Waals surface area contributed by atoms with Crippen molar-refractivity contribution in [3.05, 3.63) is 95.8 Å². The van der Waals surface area contributed by atoms with Gasteiger partial charge in [0, 0.05) is 0 Å². The van der Waals surface area contributed by atoms with E-state index in [1.807, 2.05) is 66.7 Å². The number of rotatable bonds is 7. The Labute approximate surface area is 169 Å². The van der Waals surface area contributed by atoms with Crippen LogP contribution in [-0.2, 0) is 17.6 Å². The molecule has 1 unspecified atom stereocenters. The molecule has 0 aliphatic heterocycles. The molecular formula is C24H23N3O2. The van der Waals surface area contributed by atoms with E-state index in [-0.39, 0.29) is 11.9 Å². The molecule has 1 amide bonds. The molecule has 2 N–H and O–H groups in total. The van der Waals surface area contributed by atoms with E-state index in [1.165, 1.54) is 0 Å². The topological polar surface area (TPSA) is 67.0 Å². The lowest BCUT2D eigenvalue weighted by atomic mass is 10.0. The minimum absolute atomic E-state index is 0.0449. The Kier molecular flexibility index (Phi) is 5.56. The summed E-state index contributed by atoms with van der Waals surface area (Å²) in [7, 11) is 1.63. The maximum atomic E-state index is 12.8. The molecule has 0 saturated carbocycles. The van der Waals surface area contributed by atoms with Gasteiger partial charge in [0.15, 0.2) is 0 Å². The van der Waals surface area contributed by atoms with Gasteiger partial charge in [-0.3, -0.25) is 4.79 Å². The predicted molar refractivity (Wildman–Crippen MR) is 114 cm³/mol. The SMILES string of the molecule is COc1ccc(CC(=O)NC(Cc2ccccc2)c2nc3ccccc3[nH]2)cc1. The van der Waals surface area contributed by atoms with Crippen molar-refractivity contribution >= 4 is 16.9 Å². The fourth-order valence-electron chi connectivity index (χ4n) is 3.38. The number of imidazole rings is 1. The highest BCUT2D eigenvalue weighted by molar-refractivity contribution is 5.79. The van der Waals surface area contributed by atoms with Crippen LogP contribution in [0.15, 0.2) is 78.9 Å². The minimum Gasteiger partial charge on any atom is -0.497 e. The van der Waals surface area contributed by atoms with Crippen molar-refractivity contribution in [1.82, 2.24) is 15.3 Å². The quantitative estimate of drug-likeness (QED) is 0.501. The molecule has 29 heavy (non-hydrogen) atoms. The first-order chi connectivity index (χ1) is 14.2. The number of benzene rings is 3. The number of amides is 1. The first kappa shape index (κ1) is 18.7. The summed E-state index contributed by atoms with van der Waals surface area (Å²) in [5, 5.41) is 3.16. The predicted octanol–water partition coefficient (Wildman–Crippen LogP) is 4.21. The Morgan fingerprint density at radius 1 is 0.966 bits per heavy atom. The van der Waals surface area contributed by atoms with Gasteiger partial charge in [-0.25, -0.2) is 4.98 Å². The molecule has 0 aliphatic rings. The smallest absolute Gasteiger partial charge is 0.225 e. The van der Waals surface area contributed by atoms with Crippen molar-refractivity contribution < 1.29 is 9.53 Å². The summed E-state index contributed by atoms with van der Waals surface area (Å²) in [6.45, 7) is 0. The van der Waals surface area contributed by atoms with Crippen LogP contribution in [0, 0.1) is 0 Å². The molecule has 3 aromatic carbocycles. The molecule has 0 saturated heterocycles. The van der Waals surface area contributed by atoms with E-state index >= 15 is 0 Å². The van der Waals surface area contributed by atoms with Crippen LogP contribution >= 0.6 is 0 Å². The van der Waals surface area contributed by atoms with Crippen LogP contribution in [0.25, 0.3) is 11.0 Å². The maximum Gasteiger partial charge on any atom is 0.225 e. The number of fused-ring (bicyclic) bond motifs is 1. The Morgan fingerprint density at radius 2 is 1.69 bits per heavy atom. The number of hydrogen-bond donors (Lipinski definition) is 2. The molecule has 1 heterocycles. The lowest BCUT2D eigenvalue weighted by Crippen LogP contribution is -2.32. The Hall–Kier alpha value is -3.60. The van der Waals surface area contributed by atoms with Crippen LogP contribution < -0.4 is 10.1 Å². The molecule has 0 aliphatic carbocycles. The highest BCUT2D eigenvalue weighted by Crippen LogP contribution is 2.20. The molecule has 1 atom stereocenters. The molecule has 146 valence electrons. The molecule has 0 bridgehead atoms. The zero-order valence-corrected chi connectivity index (χ0v) is 16.3. The highest BCUT2D eigenvalue weighted by Gasteiger charge is 2.19. The molecule has 0 spiro atoms. The van der Waals surface area contributed by atoms with Crippen LogP contribution in [0.3, 0.4) is 0 Å². The van der Waals surface area contributed by atoms with E-state index in [4.69, 9.17) is 9.72 Å². The summed E-state index contributed by atoms with van der Waals surface area (Å²) in [6, 6.07) is 25.3. The van der Waals surface area contributed by atoms with Crippen molar-refractivity contribution in [2.45, 2.75) is 18.9 Å². The van der Waals surface area contributed by atoms with Gasteiger partial charge in [-0.1, -0.05) is 54.6 Å². The molecular weight excluding hydrogens is 362 g/mol. The molecule has 4 aromatic rings. The van der Waals surface area contributed by atoms with Crippen LogP contribution in [-0.4, -0.2) is 23.0 Å². The number of carbonyl (C=O) groups excluding carboxylic acids is 1. The largest absolute Gasteiger partial charge is 0.497 e. The normalized spacial score (nSPS) is 11.9. The fraction of sp³-hybridized carbons (Fsp3) is 0.167. The Morgan fingerprint density at radius 3 is 2.41 bits per heavy atom. The maximum absolute atomic E-state index is 12.8. The van der Waals surface area contributed by atoms with Crippen molar-refractivity contribution in [3.8, 4) is 5.75 Å². The second-order valence-electron chi connectivity index (χ2n) is 6.97. The number of carbonyl (C=O) groups is 1. The van der Waals surface area contributed by atoms with Crippen molar-refractivity contribution in [3.63, 3.8) is 0 Å². The standard InChI is InChI=1S/C24H23N3O2/c1-29-19-13-11-18(12-14-19)16-23(28)25-22(15-17-7-3-2-4-8-17)24-26-20-9-5-6-10-21(20)27-24/h2-14,22H,15-16H2,1H3,(H,25,28)(H,26,27). The lowest BCUT2D eigenvalue weighted by Gasteiger charge is -2.17. The Bertz CT molecular complexity index is 1060. The van der Waals surface area contributed by atoms with E-state index in [0.29, 0.717) is 12.8 Å². The van der Waals surface area contributed by atoms with Gasteiger partial charge in [0.1, 0.15) is 11.6 Å². The first-order valence-corrected chi connectivity index (χ1v) is 9.62. The van der Waals surface area contributed by atoms with Gasteiger partial charge in [-0.05, 0) is 41.8 Å². The average molecular weight is 385 g/mol. The fourth-order valence-corrected chi connectivity index (χ4v) is 3.38. The number of hydrogen-bond acceptors (Lipinski definition) is 3. The summed E-state index contributed by atoms with van der Waals surface area (Å²) in [4.78, 5) is 20.8. The lowest BCUT2D eigenvalue weighted by molar-refractivity contribution is -0.121. The van der Waals surface area contributed by atoms with Crippen LogP contribution in [0.1, 0.15) is 23.0 Å². The van der Waals surface area contributed by atoms with E-state index in [0.717, 1.165) is 33.7 Å². The van der Waals surface area contributed by atoms with E-state index < -0.39 is 0 Å². The van der Waals surface area contributed by atoms with Gasteiger partial charge in [0.25, 0.3) is 0 Å². The summed E-state index contributed by atoms with van der Waals surface area (Å²) in [5.41, 5.74) is 3.93. The molecule has 4 rings (SSSR count). The van der Waals surface area contributed by atoms with Crippen LogP contribution in [0.5, 0.6) is 5.75 Å². The summed E-state index contributed by atoms with van der Waals surface area (Å²) >= 11 is 0. The molecule has 0 fully saturated rings. The third-order valence-electron chi connectivity index (χ3n) is 4.88. The average Bonchev–Trinajstić information content (AvgIpc) is 3.19. The van der Waals surface area contributed by atoms with Gasteiger partial charge >= 0.3 is 0 Å². The van der Waals surface area contributed by atoms with Crippen molar-refractivity contribution in [2.75, 3.05) is 7.11 Å². The van der Waals surface area contributed by atoms with Crippen molar-refractivity contribution in [2.24, 2.45) is 0 Å². The molecule has 1 aromatic heterocycles. The summed E-state index contributed by atoms with van der Waals surface area (Å²) in [6.07, 6.45) is 0.963. The number of aromatic nitrogens is 2. The number of aromatic amines is 1. The van der Waals surface area contributed by atoms with E-state index in [9.17, 15) is 4.79 Å². The monoisotopic (exact) mass is 385 g/mol. The second kappa shape index (κ2) is 8.61. The zero-order chi connectivity index (χ0) is 20.1. The second-order valence-corrected chi connectivity index (χ2v) is 6.97. The van der Waals surface area contributed by atoms with Crippen molar-refractivity contribution in [1.29, 1.82) is 0 Å². The minimum atomic E-state index is -0.240. The number of ether oxygens (including phenoxy) is 1. The first-order valence-electron chi connectivity index (χ1n) is 9.62. The summed E-state index contributed by atoms with van der Waals surface area (Å²) in [5.74, 6) is 1.49. The summed E-state index contributed by atoms with van der Waals surface area (Å²) < 4.78 is 5.18. The van der Waals surface area contributed by atoms with Crippen LogP contribution in [0.4, 0.5) is 0 Å². The van der Waals surface area contributed by atoms with Gasteiger partial charge in [-0.2, -0.15) is 0 Å².